The van der Waals surface area contributed by atoms with E-state index in [1.807, 2.05) is 24.3 Å². The minimum absolute atomic E-state index is 0.0107. The van der Waals surface area contributed by atoms with E-state index in [9.17, 15) is 9.90 Å². The van der Waals surface area contributed by atoms with E-state index in [0.717, 1.165) is 24.8 Å². The van der Waals surface area contributed by atoms with Crippen molar-refractivity contribution < 1.29 is 9.90 Å². The Kier molecular flexibility index (Phi) is 8.06. The number of hydrogen-bond acceptors (Lipinski definition) is 2. The summed E-state index contributed by atoms with van der Waals surface area (Å²) >= 11 is 0. The number of aryl methyl sites for hydroxylation is 1. The van der Waals surface area contributed by atoms with Crippen LogP contribution in [0, 0.1) is 0 Å². The molecule has 3 heteroatoms. The Labute approximate surface area is 129 Å². The molecular weight excluding hydrogens is 262 g/mol. The quantitative estimate of drug-likeness (QED) is 0.754. The van der Waals surface area contributed by atoms with Crippen molar-refractivity contribution in [3.63, 3.8) is 0 Å². The zero-order valence-electron chi connectivity index (χ0n) is 13.6. The fourth-order valence-corrected chi connectivity index (χ4v) is 2.65. The molecule has 0 saturated heterocycles. The molecule has 1 rings (SSSR count). The van der Waals surface area contributed by atoms with Gasteiger partial charge in [0.15, 0.2) is 0 Å². The Hall–Kier alpha value is -1.35. The van der Waals surface area contributed by atoms with E-state index < -0.39 is 0 Å². The monoisotopic (exact) mass is 291 g/mol. The Bertz CT molecular complexity index is 410. The highest BCUT2D eigenvalue weighted by molar-refractivity contribution is 5.94. The van der Waals surface area contributed by atoms with Crippen LogP contribution in [0.25, 0.3) is 0 Å². The smallest absolute Gasteiger partial charge is 0.254 e. The fraction of sp³-hybridized carbons (Fsp3) is 0.611. The molecule has 21 heavy (non-hydrogen) atoms. The summed E-state index contributed by atoms with van der Waals surface area (Å²) in [6.45, 7) is 6.76. The van der Waals surface area contributed by atoms with Gasteiger partial charge in [0.2, 0.25) is 0 Å². The first-order valence-electron chi connectivity index (χ1n) is 8.18. The summed E-state index contributed by atoms with van der Waals surface area (Å²) in [5.74, 6) is 0.0276. The molecule has 0 aliphatic carbocycles. The lowest BCUT2D eigenvalue weighted by Gasteiger charge is -2.30. The first-order valence-corrected chi connectivity index (χ1v) is 8.18. The van der Waals surface area contributed by atoms with Gasteiger partial charge in [0.05, 0.1) is 6.61 Å². The van der Waals surface area contributed by atoms with Crippen molar-refractivity contribution in [3.05, 3.63) is 35.4 Å². The van der Waals surface area contributed by atoms with Crippen LogP contribution >= 0.6 is 0 Å². The molecule has 0 aliphatic rings. The minimum Gasteiger partial charge on any atom is -0.395 e. The first kappa shape index (κ1) is 17.7. The van der Waals surface area contributed by atoms with E-state index in [0.29, 0.717) is 6.54 Å². The molecule has 1 aromatic rings. The minimum atomic E-state index is 0.0107. The van der Waals surface area contributed by atoms with Gasteiger partial charge < -0.3 is 10.0 Å². The third-order valence-corrected chi connectivity index (χ3v) is 4.00. The van der Waals surface area contributed by atoms with Crippen LogP contribution in [-0.2, 0) is 6.42 Å². The number of nitrogens with zero attached hydrogens (tertiary/aromatic N) is 1. The van der Waals surface area contributed by atoms with Gasteiger partial charge in [0.25, 0.3) is 5.91 Å². The summed E-state index contributed by atoms with van der Waals surface area (Å²) in [6.07, 6.45) is 5.25. The largest absolute Gasteiger partial charge is 0.395 e. The van der Waals surface area contributed by atoms with Crippen LogP contribution in [0.5, 0.6) is 0 Å². The molecule has 1 N–H and O–H groups in total. The number of rotatable bonds is 9. The Morgan fingerprint density at radius 3 is 2.24 bits per heavy atom. The lowest BCUT2D eigenvalue weighted by atomic mass is 10.0. The summed E-state index contributed by atoms with van der Waals surface area (Å²) in [6, 6.07) is 8.13. The van der Waals surface area contributed by atoms with Crippen molar-refractivity contribution in [1.29, 1.82) is 0 Å². The maximum absolute atomic E-state index is 12.6. The van der Waals surface area contributed by atoms with E-state index >= 15 is 0 Å². The predicted octanol–water partition coefficient (Wildman–Crippen LogP) is 3.65. The maximum Gasteiger partial charge on any atom is 0.254 e. The molecule has 0 saturated carbocycles. The first-order chi connectivity index (χ1) is 10.2. The van der Waals surface area contributed by atoms with Crippen molar-refractivity contribution in [1.82, 2.24) is 4.90 Å². The van der Waals surface area contributed by atoms with Crippen LogP contribution in [0.1, 0.15) is 62.4 Å². The highest BCUT2D eigenvalue weighted by Crippen LogP contribution is 2.15. The number of aliphatic hydroxyl groups is 1. The second-order valence-corrected chi connectivity index (χ2v) is 5.49. The summed E-state index contributed by atoms with van der Waals surface area (Å²) < 4.78 is 0. The van der Waals surface area contributed by atoms with Crippen LogP contribution in [-0.4, -0.2) is 35.1 Å². The van der Waals surface area contributed by atoms with Gasteiger partial charge in [-0.3, -0.25) is 4.79 Å². The molecule has 0 atom stereocenters. The van der Waals surface area contributed by atoms with Crippen molar-refractivity contribution in [2.45, 2.75) is 58.9 Å². The van der Waals surface area contributed by atoms with Gasteiger partial charge in [-0.15, -0.1) is 0 Å². The molecule has 0 fully saturated rings. The van der Waals surface area contributed by atoms with Gasteiger partial charge in [0.1, 0.15) is 0 Å². The average molecular weight is 291 g/mol. The van der Waals surface area contributed by atoms with Gasteiger partial charge in [0, 0.05) is 18.2 Å². The van der Waals surface area contributed by atoms with Crippen LogP contribution in [0.4, 0.5) is 0 Å². The third-order valence-electron chi connectivity index (χ3n) is 4.00. The average Bonchev–Trinajstić information content (AvgIpc) is 2.53. The second kappa shape index (κ2) is 9.56. The number of carbonyl (C=O) groups is 1. The van der Waals surface area contributed by atoms with Gasteiger partial charge >= 0.3 is 0 Å². The van der Waals surface area contributed by atoms with Crippen molar-refractivity contribution in [2.24, 2.45) is 0 Å². The lowest BCUT2D eigenvalue weighted by Crippen LogP contribution is -2.41. The maximum atomic E-state index is 12.6. The summed E-state index contributed by atoms with van der Waals surface area (Å²) in [5, 5.41) is 9.22. The SMILES string of the molecule is CCCCc1ccc(C(=O)N(CCO)C(CC)CC)cc1. The van der Waals surface area contributed by atoms with E-state index in [1.165, 1.54) is 18.4 Å². The molecule has 0 unspecified atom stereocenters. The van der Waals surface area contributed by atoms with Crippen LogP contribution < -0.4 is 0 Å². The predicted molar refractivity (Wildman–Crippen MR) is 87.5 cm³/mol. The molecule has 1 amide bonds. The molecule has 1 aromatic carbocycles. The Balaban J connectivity index is 2.83. The highest BCUT2D eigenvalue weighted by Gasteiger charge is 2.21. The molecule has 0 spiro atoms. The lowest BCUT2D eigenvalue weighted by molar-refractivity contribution is 0.0622. The zero-order chi connectivity index (χ0) is 15.7. The highest BCUT2D eigenvalue weighted by atomic mass is 16.3. The summed E-state index contributed by atoms with van der Waals surface area (Å²) in [4.78, 5) is 14.4. The van der Waals surface area contributed by atoms with Crippen LogP contribution in [0.3, 0.4) is 0 Å². The number of carbonyl (C=O) groups excluding carboxylic acids is 1. The van der Waals surface area contributed by atoms with E-state index in [-0.39, 0.29) is 18.6 Å². The summed E-state index contributed by atoms with van der Waals surface area (Å²) in [7, 11) is 0. The summed E-state index contributed by atoms with van der Waals surface area (Å²) in [5.41, 5.74) is 2.00. The van der Waals surface area contributed by atoms with Gasteiger partial charge in [-0.2, -0.15) is 0 Å². The molecule has 0 bridgehead atoms. The van der Waals surface area contributed by atoms with Crippen molar-refractivity contribution >= 4 is 5.91 Å². The van der Waals surface area contributed by atoms with Gasteiger partial charge in [-0.1, -0.05) is 39.3 Å². The van der Waals surface area contributed by atoms with E-state index in [1.54, 1.807) is 4.90 Å². The topological polar surface area (TPSA) is 40.5 Å². The fourth-order valence-electron chi connectivity index (χ4n) is 2.65. The van der Waals surface area contributed by atoms with Crippen LogP contribution in [0.2, 0.25) is 0 Å². The molecule has 0 heterocycles. The van der Waals surface area contributed by atoms with Crippen LogP contribution in [0.15, 0.2) is 24.3 Å². The number of hydrogen-bond donors (Lipinski definition) is 1. The molecule has 118 valence electrons. The van der Waals surface area contributed by atoms with Gasteiger partial charge in [-0.05, 0) is 43.4 Å². The van der Waals surface area contributed by atoms with Crippen molar-refractivity contribution in [2.75, 3.05) is 13.2 Å². The standard InChI is InChI=1S/C18H29NO2/c1-4-7-8-15-9-11-16(12-10-15)18(21)19(13-14-20)17(5-2)6-3/h9-12,17,20H,4-8,13-14H2,1-3H3. The second-order valence-electron chi connectivity index (χ2n) is 5.49. The molecular formula is C18H29NO2. The zero-order valence-corrected chi connectivity index (χ0v) is 13.6. The van der Waals surface area contributed by atoms with E-state index in [4.69, 9.17) is 0 Å². The molecule has 0 aromatic heterocycles. The number of amides is 1. The van der Waals surface area contributed by atoms with Gasteiger partial charge in [-0.25, -0.2) is 0 Å². The Morgan fingerprint density at radius 2 is 1.76 bits per heavy atom. The molecule has 3 nitrogen and oxygen atoms in total. The third kappa shape index (κ3) is 5.16. The number of benzene rings is 1. The Morgan fingerprint density at radius 1 is 1.14 bits per heavy atom. The van der Waals surface area contributed by atoms with E-state index in [2.05, 4.69) is 20.8 Å². The molecule has 0 radical (unpaired) electrons. The van der Waals surface area contributed by atoms with Crippen molar-refractivity contribution in [3.8, 4) is 0 Å². The molecule has 0 aliphatic heterocycles. The normalized spacial score (nSPS) is 10.9. The number of unbranched alkanes of at least 4 members (excludes halogenated alkanes) is 1. The number of aliphatic hydroxyl groups excluding tert-OH is 1.